The van der Waals surface area contributed by atoms with Gasteiger partial charge < -0.3 is 10.0 Å². The van der Waals surface area contributed by atoms with Crippen molar-refractivity contribution in [3.8, 4) is 0 Å². The highest BCUT2D eigenvalue weighted by molar-refractivity contribution is 5.48. The number of aliphatic hydroxyl groups excluding tert-OH is 1. The first-order chi connectivity index (χ1) is 7.86. The van der Waals surface area contributed by atoms with Gasteiger partial charge in [-0.15, -0.1) is 0 Å². The normalized spacial score (nSPS) is 33.8. The molecule has 0 aromatic heterocycles. The summed E-state index contributed by atoms with van der Waals surface area (Å²) in [5, 5.41) is 10.4. The van der Waals surface area contributed by atoms with E-state index < -0.39 is 0 Å². The minimum atomic E-state index is -0.257. The maximum Gasteiger partial charge on any atom is 0.130 e. The molecule has 1 aromatic carbocycles. The molecule has 16 heavy (non-hydrogen) atoms. The van der Waals surface area contributed by atoms with Crippen molar-refractivity contribution >= 4 is 5.69 Å². The highest BCUT2D eigenvalue weighted by atomic mass is 16.3. The molecule has 0 amide bonds. The van der Waals surface area contributed by atoms with Gasteiger partial charge in [-0.25, -0.2) is 0 Å². The molecule has 3 atom stereocenters. The standard InChI is InChI=1S/C14H19NO/c16-14-13-9-5-4-6-11(13)10-15(14)12-7-2-1-3-8-12/h1-3,7-8,11,13-14,16H,4-6,9-10H2. The molecule has 2 fully saturated rings. The number of hydrogen-bond donors (Lipinski definition) is 1. The molecule has 2 heteroatoms. The number of fused-ring (bicyclic) bond motifs is 1. The zero-order chi connectivity index (χ0) is 11.0. The van der Waals surface area contributed by atoms with Crippen LogP contribution in [0.5, 0.6) is 0 Å². The van der Waals surface area contributed by atoms with E-state index in [-0.39, 0.29) is 6.23 Å². The number of nitrogens with zero attached hydrogens (tertiary/aromatic N) is 1. The van der Waals surface area contributed by atoms with Crippen molar-refractivity contribution in [2.45, 2.75) is 31.9 Å². The average Bonchev–Trinajstić information content (AvgIpc) is 2.69. The smallest absolute Gasteiger partial charge is 0.130 e. The molecular weight excluding hydrogens is 198 g/mol. The summed E-state index contributed by atoms with van der Waals surface area (Å²) in [6, 6.07) is 10.3. The Labute approximate surface area is 96.9 Å². The van der Waals surface area contributed by atoms with Crippen molar-refractivity contribution in [1.82, 2.24) is 0 Å². The lowest BCUT2D eigenvalue weighted by molar-refractivity contribution is 0.0975. The number of benzene rings is 1. The summed E-state index contributed by atoms with van der Waals surface area (Å²) in [6.07, 6.45) is 4.88. The van der Waals surface area contributed by atoms with Crippen molar-refractivity contribution in [2.24, 2.45) is 11.8 Å². The Morgan fingerprint density at radius 3 is 2.56 bits per heavy atom. The van der Waals surface area contributed by atoms with Crippen LogP contribution in [0, 0.1) is 11.8 Å². The van der Waals surface area contributed by atoms with Crippen LogP contribution in [0.2, 0.25) is 0 Å². The van der Waals surface area contributed by atoms with Gasteiger partial charge in [0.15, 0.2) is 0 Å². The minimum Gasteiger partial charge on any atom is -0.373 e. The molecule has 1 saturated carbocycles. The summed E-state index contributed by atoms with van der Waals surface area (Å²) in [5.41, 5.74) is 1.17. The highest BCUT2D eigenvalue weighted by Crippen LogP contribution is 2.41. The Hall–Kier alpha value is -1.02. The van der Waals surface area contributed by atoms with Gasteiger partial charge in [0.25, 0.3) is 0 Å². The van der Waals surface area contributed by atoms with E-state index in [1.54, 1.807) is 0 Å². The third-order valence-corrected chi connectivity index (χ3v) is 4.19. The molecule has 0 bridgehead atoms. The molecule has 0 spiro atoms. The van der Waals surface area contributed by atoms with E-state index in [2.05, 4.69) is 17.0 Å². The van der Waals surface area contributed by atoms with E-state index in [0.29, 0.717) is 11.8 Å². The van der Waals surface area contributed by atoms with Crippen molar-refractivity contribution in [3.63, 3.8) is 0 Å². The summed E-state index contributed by atoms with van der Waals surface area (Å²) >= 11 is 0. The highest BCUT2D eigenvalue weighted by Gasteiger charge is 2.41. The van der Waals surface area contributed by atoms with Gasteiger partial charge in [-0.2, -0.15) is 0 Å². The van der Waals surface area contributed by atoms with Crippen molar-refractivity contribution in [3.05, 3.63) is 30.3 Å². The molecule has 3 unspecified atom stereocenters. The van der Waals surface area contributed by atoms with Crippen molar-refractivity contribution < 1.29 is 5.11 Å². The van der Waals surface area contributed by atoms with Crippen LogP contribution < -0.4 is 4.90 Å². The maximum atomic E-state index is 10.4. The monoisotopic (exact) mass is 217 g/mol. The van der Waals surface area contributed by atoms with Gasteiger partial charge in [-0.3, -0.25) is 0 Å². The zero-order valence-corrected chi connectivity index (χ0v) is 9.55. The molecule has 1 aliphatic heterocycles. The molecule has 2 aliphatic rings. The van der Waals surface area contributed by atoms with Gasteiger partial charge in [0.05, 0.1) is 0 Å². The van der Waals surface area contributed by atoms with Crippen LogP contribution in [-0.4, -0.2) is 17.9 Å². The van der Waals surface area contributed by atoms with E-state index in [4.69, 9.17) is 0 Å². The molecule has 0 radical (unpaired) electrons. The quantitative estimate of drug-likeness (QED) is 0.781. The number of anilines is 1. The van der Waals surface area contributed by atoms with Crippen LogP contribution in [0.4, 0.5) is 5.69 Å². The van der Waals surface area contributed by atoms with Crippen LogP contribution in [0.25, 0.3) is 0 Å². The van der Waals surface area contributed by atoms with Gasteiger partial charge in [-0.1, -0.05) is 31.0 Å². The molecule has 3 rings (SSSR count). The number of aliphatic hydroxyl groups is 1. The molecule has 1 saturated heterocycles. The predicted octanol–water partition coefficient (Wildman–Crippen LogP) is 2.63. The lowest BCUT2D eigenvalue weighted by Crippen LogP contribution is -2.32. The predicted molar refractivity (Wildman–Crippen MR) is 65.2 cm³/mol. The van der Waals surface area contributed by atoms with Gasteiger partial charge >= 0.3 is 0 Å². The molecule has 1 aromatic rings. The Morgan fingerprint density at radius 2 is 1.81 bits per heavy atom. The lowest BCUT2D eigenvalue weighted by Gasteiger charge is -2.27. The summed E-state index contributed by atoms with van der Waals surface area (Å²) < 4.78 is 0. The van der Waals surface area contributed by atoms with E-state index in [1.165, 1.54) is 31.4 Å². The van der Waals surface area contributed by atoms with E-state index >= 15 is 0 Å². The molecule has 86 valence electrons. The first-order valence-electron chi connectivity index (χ1n) is 6.36. The third kappa shape index (κ3) is 1.61. The largest absolute Gasteiger partial charge is 0.373 e. The van der Waals surface area contributed by atoms with Crippen LogP contribution >= 0.6 is 0 Å². The molecule has 2 nitrogen and oxygen atoms in total. The van der Waals surface area contributed by atoms with Gasteiger partial charge in [-0.05, 0) is 30.9 Å². The van der Waals surface area contributed by atoms with Gasteiger partial charge in [0.2, 0.25) is 0 Å². The summed E-state index contributed by atoms with van der Waals surface area (Å²) in [4.78, 5) is 2.18. The Bertz CT molecular complexity index is 351. The number of hydrogen-bond acceptors (Lipinski definition) is 2. The fraction of sp³-hybridized carbons (Fsp3) is 0.571. The first-order valence-corrected chi connectivity index (χ1v) is 6.36. The fourth-order valence-electron chi connectivity index (χ4n) is 3.32. The topological polar surface area (TPSA) is 23.5 Å². The SMILES string of the molecule is OC1C2CCCCC2CN1c1ccccc1. The van der Waals surface area contributed by atoms with Crippen LogP contribution in [-0.2, 0) is 0 Å². The molecular formula is C14H19NO. The fourth-order valence-corrected chi connectivity index (χ4v) is 3.32. The van der Waals surface area contributed by atoms with E-state index in [0.717, 1.165) is 6.54 Å². The molecule has 1 heterocycles. The van der Waals surface area contributed by atoms with Crippen molar-refractivity contribution in [1.29, 1.82) is 0 Å². The summed E-state index contributed by atoms with van der Waals surface area (Å²) in [7, 11) is 0. The van der Waals surface area contributed by atoms with Gasteiger partial charge in [0, 0.05) is 18.2 Å². The number of para-hydroxylation sites is 1. The second-order valence-electron chi connectivity index (χ2n) is 5.11. The van der Waals surface area contributed by atoms with E-state index in [9.17, 15) is 5.11 Å². The van der Waals surface area contributed by atoms with Gasteiger partial charge in [0.1, 0.15) is 6.23 Å². The molecule has 1 N–H and O–H groups in total. The number of rotatable bonds is 1. The third-order valence-electron chi connectivity index (χ3n) is 4.19. The molecule has 1 aliphatic carbocycles. The second-order valence-corrected chi connectivity index (χ2v) is 5.11. The summed E-state index contributed by atoms with van der Waals surface area (Å²) in [5.74, 6) is 1.22. The van der Waals surface area contributed by atoms with Crippen LogP contribution in [0.1, 0.15) is 25.7 Å². The minimum absolute atomic E-state index is 0.257. The Morgan fingerprint density at radius 1 is 1.06 bits per heavy atom. The second kappa shape index (κ2) is 4.10. The van der Waals surface area contributed by atoms with Crippen molar-refractivity contribution in [2.75, 3.05) is 11.4 Å². The Kier molecular flexibility index (Phi) is 2.60. The average molecular weight is 217 g/mol. The zero-order valence-electron chi connectivity index (χ0n) is 9.55. The lowest BCUT2D eigenvalue weighted by atomic mass is 9.81. The maximum absolute atomic E-state index is 10.4. The Balaban J connectivity index is 1.83. The summed E-state index contributed by atoms with van der Waals surface area (Å²) in [6.45, 7) is 1.04. The van der Waals surface area contributed by atoms with Crippen LogP contribution in [0.3, 0.4) is 0 Å². The first kappa shape index (κ1) is 10.2. The van der Waals surface area contributed by atoms with Crippen LogP contribution in [0.15, 0.2) is 30.3 Å². The van der Waals surface area contributed by atoms with E-state index in [1.807, 2.05) is 18.2 Å².